The summed E-state index contributed by atoms with van der Waals surface area (Å²) in [6.45, 7) is 0.248. The van der Waals surface area contributed by atoms with Crippen LogP contribution in [-0.2, 0) is 6.54 Å². The van der Waals surface area contributed by atoms with Gasteiger partial charge in [0.25, 0.3) is 6.33 Å². The Bertz CT molecular complexity index is 1110. The van der Waals surface area contributed by atoms with Crippen molar-refractivity contribution >= 4 is 33.5 Å². The lowest BCUT2D eigenvalue weighted by atomic mass is 10.0. The molecule has 0 unspecified atom stereocenters. The number of hydrogen-bond donors (Lipinski definition) is 0. The molecule has 0 atom stereocenters. The van der Waals surface area contributed by atoms with Crippen molar-refractivity contribution in [2.45, 2.75) is 6.54 Å². The first-order valence-corrected chi connectivity index (χ1v) is 8.75. The minimum Gasteiger partial charge on any atom is -0.496 e. The van der Waals surface area contributed by atoms with E-state index in [1.54, 1.807) is 18.0 Å². The third-order valence-electron chi connectivity index (χ3n) is 4.55. The molecular weight excluding hydrogens is 416 g/mol. The number of carbonyl (C=O) groups is 1. The zero-order valence-corrected chi connectivity index (χ0v) is 17.1. The summed E-state index contributed by atoms with van der Waals surface area (Å²) in [5.41, 5.74) is 2.44. The first kappa shape index (κ1) is 19.7. The van der Waals surface area contributed by atoms with Gasteiger partial charge in [0.2, 0.25) is 5.78 Å². The van der Waals surface area contributed by atoms with Crippen LogP contribution in [0.4, 0.5) is 0 Å². The van der Waals surface area contributed by atoms with Crippen LogP contribution in [-0.4, -0.2) is 17.9 Å². The topological polar surface area (TPSA) is 43.1 Å². The molecule has 0 spiro atoms. The molecule has 0 bridgehead atoms. The Labute approximate surface area is 174 Å². The number of aromatic nitrogens is 2. The predicted molar refractivity (Wildman–Crippen MR) is 115 cm³/mol. The van der Waals surface area contributed by atoms with Crippen LogP contribution in [0.25, 0.3) is 22.0 Å². The number of nitrogens with zero attached hydrogens (tertiary/aromatic N) is 2. The highest BCUT2D eigenvalue weighted by molar-refractivity contribution is 8.93. The second-order valence-electron chi connectivity index (χ2n) is 6.30. The lowest BCUT2D eigenvalue weighted by molar-refractivity contribution is -0.686. The molecule has 4 aromatic rings. The molecule has 0 radical (unpaired) electrons. The van der Waals surface area contributed by atoms with Gasteiger partial charge < -0.3 is 4.74 Å². The number of hydrogen-bond acceptors (Lipinski definition) is 3. The summed E-state index contributed by atoms with van der Waals surface area (Å²) in [4.78, 5) is 17.1. The number of carbonyl (C=O) groups excluding carboxylic acids is 1. The molecule has 1 aromatic heterocycles. The van der Waals surface area contributed by atoms with Crippen molar-refractivity contribution in [3.8, 4) is 17.0 Å². The maximum atomic E-state index is 12.6. The molecule has 0 amide bonds. The molecule has 0 saturated heterocycles. The summed E-state index contributed by atoms with van der Waals surface area (Å²) in [6, 6.07) is 23.5. The minimum absolute atomic E-state index is 0. The highest BCUT2D eigenvalue weighted by Gasteiger charge is 2.14. The highest BCUT2D eigenvalue weighted by Crippen LogP contribution is 2.27. The van der Waals surface area contributed by atoms with E-state index < -0.39 is 0 Å². The fraction of sp³-hybridized carbons (Fsp3) is 0.0870. The fourth-order valence-electron chi connectivity index (χ4n) is 3.11. The minimum atomic E-state index is 0. The van der Waals surface area contributed by atoms with Crippen LogP contribution < -0.4 is 9.30 Å². The lowest BCUT2D eigenvalue weighted by Crippen LogP contribution is -2.37. The molecule has 1 heterocycles. The second-order valence-corrected chi connectivity index (χ2v) is 6.30. The van der Waals surface area contributed by atoms with Crippen molar-refractivity contribution < 1.29 is 14.1 Å². The van der Waals surface area contributed by atoms with Crippen LogP contribution in [0.15, 0.2) is 85.3 Å². The number of methoxy groups -OCH3 is 1. The summed E-state index contributed by atoms with van der Waals surface area (Å²) in [6.07, 6.45) is 3.55. The average molecular weight is 436 g/mol. The van der Waals surface area contributed by atoms with Crippen LogP contribution in [0.2, 0.25) is 0 Å². The third kappa shape index (κ3) is 4.10. The number of para-hydroxylation sites is 1. The van der Waals surface area contributed by atoms with Crippen molar-refractivity contribution in [1.29, 1.82) is 0 Å². The maximum absolute atomic E-state index is 12.6. The Balaban J connectivity index is 0.00000225. The Morgan fingerprint density at radius 1 is 0.964 bits per heavy atom. The summed E-state index contributed by atoms with van der Waals surface area (Å²) in [7, 11) is 1.64. The molecule has 4 nitrogen and oxygen atoms in total. The molecular formula is C23H20BrN2O2+. The molecule has 0 aliphatic rings. The highest BCUT2D eigenvalue weighted by atomic mass is 79.9. The second kappa shape index (κ2) is 8.76. The molecule has 0 N–H and O–H groups in total. The average Bonchev–Trinajstić information content (AvgIpc) is 2.74. The summed E-state index contributed by atoms with van der Waals surface area (Å²) >= 11 is 0. The van der Waals surface area contributed by atoms with Gasteiger partial charge in [0.1, 0.15) is 5.75 Å². The van der Waals surface area contributed by atoms with Gasteiger partial charge in [-0.05, 0) is 34.0 Å². The van der Waals surface area contributed by atoms with Gasteiger partial charge in [0.05, 0.1) is 18.9 Å². The van der Waals surface area contributed by atoms with E-state index in [0.717, 1.165) is 27.8 Å². The first-order chi connectivity index (χ1) is 13.2. The molecule has 0 aliphatic carbocycles. The smallest absolute Gasteiger partial charge is 0.287 e. The Kier molecular flexibility index (Phi) is 6.16. The van der Waals surface area contributed by atoms with Crippen molar-refractivity contribution in [1.82, 2.24) is 4.98 Å². The van der Waals surface area contributed by atoms with E-state index in [1.165, 1.54) is 0 Å². The van der Waals surface area contributed by atoms with Gasteiger partial charge in [-0.2, -0.15) is 0 Å². The van der Waals surface area contributed by atoms with E-state index >= 15 is 0 Å². The van der Waals surface area contributed by atoms with Crippen molar-refractivity contribution in [2.24, 2.45) is 0 Å². The van der Waals surface area contributed by atoms with E-state index in [4.69, 9.17) is 4.74 Å². The quantitative estimate of drug-likeness (QED) is 0.338. The van der Waals surface area contributed by atoms with Gasteiger partial charge in [-0.25, -0.2) is 4.57 Å². The molecule has 0 saturated carbocycles. The number of fused-ring (bicyclic) bond motifs is 1. The van der Waals surface area contributed by atoms with E-state index in [0.29, 0.717) is 5.56 Å². The van der Waals surface area contributed by atoms with E-state index in [-0.39, 0.29) is 29.3 Å². The van der Waals surface area contributed by atoms with Crippen molar-refractivity contribution in [3.05, 3.63) is 90.9 Å². The van der Waals surface area contributed by atoms with Gasteiger partial charge >= 0.3 is 0 Å². The number of ketones is 1. The number of ether oxygens (including phenoxy) is 1. The van der Waals surface area contributed by atoms with Gasteiger partial charge in [-0.3, -0.25) is 4.79 Å². The zero-order chi connectivity index (χ0) is 18.6. The third-order valence-corrected chi connectivity index (χ3v) is 4.55. The van der Waals surface area contributed by atoms with Crippen molar-refractivity contribution in [2.75, 3.05) is 7.11 Å². The number of halogens is 1. The molecule has 0 aliphatic heterocycles. The van der Waals surface area contributed by atoms with Crippen LogP contribution in [0.1, 0.15) is 10.4 Å². The van der Waals surface area contributed by atoms with Crippen LogP contribution in [0.5, 0.6) is 5.75 Å². The monoisotopic (exact) mass is 435 g/mol. The predicted octanol–water partition coefficient (Wildman–Crippen LogP) is 4.66. The van der Waals surface area contributed by atoms with Gasteiger partial charge in [-0.15, -0.1) is 17.0 Å². The summed E-state index contributed by atoms with van der Waals surface area (Å²) in [5.74, 6) is 0.826. The normalized spacial score (nSPS) is 10.3. The number of benzene rings is 3. The van der Waals surface area contributed by atoms with E-state index in [9.17, 15) is 4.79 Å². The largest absolute Gasteiger partial charge is 0.496 e. The van der Waals surface area contributed by atoms with Crippen LogP contribution >= 0.6 is 17.0 Å². The van der Waals surface area contributed by atoms with Crippen molar-refractivity contribution in [3.63, 3.8) is 0 Å². The summed E-state index contributed by atoms with van der Waals surface area (Å²) < 4.78 is 7.17. The molecule has 5 heteroatoms. The van der Waals surface area contributed by atoms with Gasteiger partial charge in [-0.1, -0.05) is 48.5 Å². The zero-order valence-electron chi connectivity index (χ0n) is 15.4. The SMILES string of the molecule is Br.COc1ccccc1-c1cc[n+](CC(=O)c2ccc3ccccc3c2)cn1. The number of rotatable bonds is 5. The summed E-state index contributed by atoms with van der Waals surface area (Å²) in [5, 5.41) is 2.20. The molecule has 0 fully saturated rings. The van der Waals surface area contributed by atoms with E-state index in [1.807, 2.05) is 79.0 Å². The Hall–Kier alpha value is -3.05. The fourth-order valence-corrected chi connectivity index (χ4v) is 3.11. The van der Waals surface area contributed by atoms with Gasteiger partial charge in [0.15, 0.2) is 12.2 Å². The molecule has 140 valence electrons. The molecule has 3 aromatic carbocycles. The van der Waals surface area contributed by atoms with Crippen LogP contribution in [0, 0.1) is 0 Å². The number of Topliss-reactive ketones (excluding diaryl/α,β-unsaturated/α-hetero) is 1. The van der Waals surface area contributed by atoms with Crippen LogP contribution in [0.3, 0.4) is 0 Å². The van der Waals surface area contributed by atoms with Gasteiger partial charge in [0, 0.05) is 11.6 Å². The lowest BCUT2D eigenvalue weighted by Gasteiger charge is -2.05. The Morgan fingerprint density at radius 2 is 1.71 bits per heavy atom. The Morgan fingerprint density at radius 3 is 2.46 bits per heavy atom. The molecule has 28 heavy (non-hydrogen) atoms. The standard InChI is InChI=1S/C23H19N2O2.BrH/c1-27-23-9-5-4-8-20(23)21-12-13-25(16-24-21)15-22(26)19-11-10-17-6-2-3-7-18(17)14-19;/h2-14,16H,15H2,1H3;1H/q+1;. The molecule has 4 rings (SSSR count). The first-order valence-electron chi connectivity index (χ1n) is 8.75. The van der Waals surface area contributed by atoms with E-state index in [2.05, 4.69) is 4.98 Å². The maximum Gasteiger partial charge on any atom is 0.287 e.